The number of nitrogens with zero attached hydrogens (tertiary/aromatic N) is 1. The van der Waals surface area contributed by atoms with Crippen molar-refractivity contribution < 1.29 is 19.4 Å². The topological polar surface area (TPSA) is 66.8 Å². The van der Waals surface area contributed by atoms with Gasteiger partial charge in [-0.05, 0) is 83.0 Å². The number of carboxylic acid groups (broad SMARTS) is 1. The van der Waals surface area contributed by atoms with Gasteiger partial charge in [-0.15, -0.1) is 0 Å². The Balaban J connectivity index is 1.14. The summed E-state index contributed by atoms with van der Waals surface area (Å²) in [5, 5.41) is 11.1. The quantitative estimate of drug-likeness (QED) is 0.566. The molecular weight excluding hydrogens is 426 g/mol. The van der Waals surface area contributed by atoms with Crippen LogP contribution in [0.15, 0.2) is 60.7 Å². The van der Waals surface area contributed by atoms with Crippen LogP contribution in [-0.2, 0) is 9.53 Å². The van der Waals surface area contributed by atoms with Gasteiger partial charge in [0.2, 0.25) is 0 Å². The first-order valence-corrected chi connectivity index (χ1v) is 12.3. The van der Waals surface area contributed by atoms with Crippen LogP contribution < -0.4 is 0 Å². The standard InChI is InChI=1S/C29H29NO4/c31-27(26-5-2-16-34-26)30-14-12-29(13-15-30)18-25(29)20-8-6-19(7-9-20)21-10-11-23-22(17-21)3-1-4-24(23)28(32)33/h1,3-4,6-11,17,25-26H,2,5,12-16,18H2,(H,32,33)/t25?,26-/m1/s1. The van der Waals surface area contributed by atoms with Crippen LogP contribution in [0.2, 0.25) is 0 Å². The molecule has 2 saturated heterocycles. The minimum atomic E-state index is -0.900. The van der Waals surface area contributed by atoms with Crippen LogP contribution in [0.25, 0.3) is 21.9 Å². The third kappa shape index (κ3) is 3.68. The average Bonchev–Trinajstić information content (AvgIpc) is 3.28. The van der Waals surface area contributed by atoms with Crippen LogP contribution in [0.4, 0.5) is 0 Å². The Morgan fingerprint density at radius 1 is 0.971 bits per heavy atom. The smallest absolute Gasteiger partial charge is 0.336 e. The average molecular weight is 456 g/mol. The summed E-state index contributed by atoms with van der Waals surface area (Å²) >= 11 is 0. The van der Waals surface area contributed by atoms with Gasteiger partial charge >= 0.3 is 5.97 Å². The summed E-state index contributed by atoms with van der Waals surface area (Å²) in [4.78, 5) is 26.2. The molecule has 174 valence electrons. The fourth-order valence-electron chi connectivity index (χ4n) is 6.08. The zero-order valence-corrected chi connectivity index (χ0v) is 19.2. The summed E-state index contributed by atoms with van der Waals surface area (Å²) in [7, 11) is 0. The van der Waals surface area contributed by atoms with Crippen LogP contribution in [0.1, 0.15) is 53.9 Å². The lowest BCUT2D eigenvalue weighted by molar-refractivity contribution is -0.142. The van der Waals surface area contributed by atoms with E-state index in [1.165, 1.54) is 12.0 Å². The van der Waals surface area contributed by atoms with Crippen molar-refractivity contribution in [1.29, 1.82) is 0 Å². The second kappa shape index (κ2) is 8.24. The minimum absolute atomic E-state index is 0.194. The van der Waals surface area contributed by atoms with Gasteiger partial charge in [-0.3, -0.25) is 4.79 Å². The number of benzene rings is 3. The molecule has 1 amide bonds. The number of ether oxygens (including phenoxy) is 1. The predicted octanol–water partition coefficient (Wildman–Crippen LogP) is 5.48. The third-order valence-electron chi connectivity index (χ3n) is 8.22. The predicted molar refractivity (Wildman–Crippen MR) is 131 cm³/mol. The Hall–Kier alpha value is -3.18. The number of rotatable bonds is 4. The van der Waals surface area contributed by atoms with Crippen molar-refractivity contribution in [1.82, 2.24) is 4.90 Å². The number of hydrogen-bond donors (Lipinski definition) is 1. The number of fused-ring (bicyclic) bond motifs is 1. The zero-order chi connectivity index (χ0) is 23.3. The summed E-state index contributed by atoms with van der Waals surface area (Å²) in [6, 6.07) is 20.2. The van der Waals surface area contributed by atoms with Crippen LogP contribution in [0.3, 0.4) is 0 Å². The molecule has 3 aromatic rings. The molecular formula is C29H29NO4. The molecule has 0 radical (unpaired) electrons. The Labute approximate surface area is 199 Å². The molecule has 5 nitrogen and oxygen atoms in total. The van der Waals surface area contributed by atoms with Crippen molar-refractivity contribution in [2.45, 2.75) is 44.1 Å². The second-order valence-electron chi connectivity index (χ2n) is 10.1. The zero-order valence-electron chi connectivity index (χ0n) is 19.2. The summed E-state index contributed by atoms with van der Waals surface area (Å²) in [6.07, 6.45) is 5.02. The molecule has 34 heavy (non-hydrogen) atoms. The van der Waals surface area contributed by atoms with E-state index < -0.39 is 5.97 Å². The molecule has 0 aromatic heterocycles. The normalized spacial score (nSPS) is 23.4. The maximum atomic E-state index is 12.7. The number of carbonyl (C=O) groups is 2. The van der Waals surface area contributed by atoms with Gasteiger partial charge in [0.25, 0.3) is 5.91 Å². The highest BCUT2D eigenvalue weighted by Crippen LogP contribution is 2.65. The fraction of sp³-hybridized carbons (Fsp3) is 0.379. The van der Waals surface area contributed by atoms with E-state index >= 15 is 0 Å². The number of likely N-dealkylation sites (tertiary alicyclic amines) is 1. The van der Waals surface area contributed by atoms with Crippen molar-refractivity contribution in [3.05, 3.63) is 71.8 Å². The molecule has 5 heteroatoms. The molecule has 3 aromatic carbocycles. The number of piperidine rings is 1. The van der Waals surface area contributed by atoms with E-state index in [0.717, 1.165) is 67.3 Å². The maximum absolute atomic E-state index is 12.7. The van der Waals surface area contributed by atoms with E-state index in [0.29, 0.717) is 16.9 Å². The first-order chi connectivity index (χ1) is 16.5. The van der Waals surface area contributed by atoms with Gasteiger partial charge in [0.15, 0.2) is 0 Å². The second-order valence-corrected chi connectivity index (χ2v) is 10.1. The highest BCUT2D eigenvalue weighted by atomic mass is 16.5. The Morgan fingerprint density at radius 2 is 1.74 bits per heavy atom. The number of hydrogen-bond acceptors (Lipinski definition) is 3. The summed E-state index contributed by atoms with van der Waals surface area (Å²) < 4.78 is 5.60. The van der Waals surface area contributed by atoms with Gasteiger partial charge in [-0.2, -0.15) is 0 Å². The van der Waals surface area contributed by atoms with Gasteiger partial charge in [0.1, 0.15) is 6.10 Å². The van der Waals surface area contributed by atoms with Crippen molar-refractivity contribution in [2.24, 2.45) is 5.41 Å². The Morgan fingerprint density at radius 3 is 2.44 bits per heavy atom. The van der Waals surface area contributed by atoms with Crippen molar-refractivity contribution in [3.8, 4) is 11.1 Å². The monoisotopic (exact) mass is 455 g/mol. The molecule has 2 atom stereocenters. The molecule has 1 aliphatic carbocycles. The minimum Gasteiger partial charge on any atom is -0.478 e. The van der Waals surface area contributed by atoms with Crippen molar-refractivity contribution in [2.75, 3.05) is 19.7 Å². The molecule has 6 rings (SSSR count). The van der Waals surface area contributed by atoms with Gasteiger partial charge in [-0.25, -0.2) is 4.79 Å². The molecule has 3 aliphatic rings. The van der Waals surface area contributed by atoms with E-state index in [9.17, 15) is 14.7 Å². The molecule has 2 heterocycles. The first-order valence-electron chi connectivity index (χ1n) is 12.3. The third-order valence-corrected chi connectivity index (χ3v) is 8.22. The van der Waals surface area contributed by atoms with Crippen molar-refractivity contribution in [3.63, 3.8) is 0 Å². The molecule has 1 spiro atoms. The molecule has 1 N–H and O–H groups in total. The number of carboxylic acids is 1. The Bertz CT molecular complexity index is 1250. The lowest BCUT2D eigenvalue weighted by Gasteiger charge is -2.34. The van der Waals surface area contributed by atoms with Crippen LogP contribution in [0.5, 0.6) is 0 Å². The molecule has 2 aliphatic heterocycles. The van der Waals surface area contributed by atoms with Gasteiger partial charge < -0.3 is 14.7 Å². The number of amides is 1. The highest BCUT2D eigenvalue weighted by molar-refractivity contribution is 6.04. The lowest BCUT2D eigenvalue weighted by Crippen LogP contribution is -2.44. The van der Waals surface area contributed by atoms with E-state index in [4.69, 9.17) is 4.74 Å². The van der Waals surface area contributed by atoms with Gasteiger partial charge in [0, 0.05) is 19.7 Å². The molecule has 1 saturated carbocycles. The summed E-state index contributed by atoms with van der Waals surface area (Å²) in [6.45, 7) is 2.42. The van der Waals surface area contributed by atoms with Crippen LogP contribution >= 0.6 is 0 Å². The van der Waals surface area contributed by atoms with Gasteiger partial charge in [-0.1, -0.05) is 48.5 Å². The maximum Gasteiger partial charge on any atom is 0.336 e. The molecule has 1 unspecified atom stereocenters. The fourth-order valence-corrected chi connectivity index (χ4v) is 6.08. The number of aromatic carboxylic acids is 1. The van der Waals surface area contributed by atoms with E-state index in [1.807, 2.05) is 23.1 Å². The van der Waals surface area contributed by atoms with Gasteiger partial charge in [0.05, 0.1) is 5.56 Å². The van der Waals surface area contributed by atoms with Crippen LogP contribution in [-0.4, -0.2) is 47.7 Å². The highest BCUT2D eigenvalue weighted by Gasteiger charge is 2.55. The first kappa shape index (κ1) is 21.4. The molecule has 0 bridgehead atoms. The van der Waals surface area contributed by atoms with E-state index in [1.54, 1.807) is 12.1 Å². The largest absolute Gasteiger partial charge is 0.478 e. The lowest BCUT2D eigenvalue weighted by atomic mass is 9.88. The van der Waals surface area contributed by atoms with Crippen molar-refractivity contribution >= 4 is 22.6 Å². The molecule has 3 fully saturated rings. The van der Waals surface area contributed by atoms with E-state index in [2.05, 4.69) is 30.3 Å². The summed E-state index contributed by atoms with van der Waals surface area (Å²) in [5.74, 6) is -0.126. The summed E-state index contributed by atoms with van der Waals surface area (Å²) in [5.41, 5.74) is 4.30. The number of carbonyl (C=O) groups excluding carboxylic acids is 1. The van der Waals surface area contributed by atoms with Crippen LogP contribution in [0, 0.1) is 5.41 Å². The Kier molecular flexibility index (Phi) is 5.18. The SMILES string of the molecule is O=C(O)c1cccc2cc(-c3ccc(C4CC45CCN(C(=O)[C@H]4CCCO4)CC5)cc3)ccc12. The van der Waals surface area contributed by atoms with E-state index in [-0.39, 0.29) is 12.0 Å².